The number of Topliss-reactive ketones (excluding diaryl/α,β-unsaturated/α-hetero) is 1. The second-order valence-electron chi connectivity index (χ2n) is 7.18. The molecule has 1 aliphatic carbocycles. The van der Waals surface area contributed by atoms with Gasteiger partial charge in [0.15, 0.2) is 5.78 Å². The summed E-state index contributed by atoms with van der Waals surface area (Å²) in [5.74, 6) is 1.96. The van der Waals surface area contributed by atoms with Crippen LogP contribution in [0.3, 0.4) is 0 Å². The van der Waals surface area contributed by atoms with Gasteiger partial charge < -0.3 is 14.4 Å². The highest BCUT2D eigenvalue weighted by atomic mass is 16.5. The molecule has 0 bridgehead atoms. The number of carbonyl (C=O) groups excluding carboxylic acids is 1. The maximum atomic E-state index is 13.3. The zero-order chi connectivity index (χ0) is 18.4. The van der Waals surface area contributed by atoms with Gasteiger partial charge in [-0.05, 0) is 37.0 Å². The van der Waals surface area contributed by atoms with E-state index in [-0.39, 0.29) is 5.78 Å². The van der Waals surface area contributed by atoms with Crippen molar-refractivity contribution in [2.75, 3.05) is 28.3 Å². The minimum Gasteiger partial charge on any atom is -0.496 e. The highest BCUT2D eigenvalue weighted by Gasteiger charge is 2.23. The van der Waals surface area contributed by atoms with Crippen LogP contribution in [0.25, 0.3) is 0 Å². The Kier molecular flexibility index (Phi) is 6.91. The van der Waals surface area contributed by atoms with Crippen molar-refractivity contribution in [2.45, 2.75) is 45.4 Å². The largest absolute Gasteiger partial charge is 0.496 e. The van der Waals surface area contributed by atoms with E-state index < -0.39 is 0 Å². The molecule has 1 saturated carbocycles. The van der Waals surface area contributed by atoms with E-state index in [2.05, 4.69) is 0 Å². The maximum absolute atomic E-state index is 13.3. The summed E-state index contributed by atoms with van der Waals surface area (Å²) in [6.45, 7) is 1.95. The molecule has 0 radical (unpaired) electrons. The fraction of sp³-hybridized carbons (Fsp3) is 0.571. The van der Waals surface area contributed by atoms with Crippen LogP contribution >= 0.6 is 0 Å². The van der Waals surface area contributed by atoms with Crippen molar-refractivity contribution in [1.82, 2.24) is 4.90 Å². The van der Waals surface area contributed by atoms with Gasteiger partial charge in [0.05, 0.1) is 19.8 Å². The van der Waals surface area contributed by atoms with Crippen LogP contribution in [0.4, 0.5) is 0 Å². The molecule has 2 rings (SSSR count). The lowest BCUT2D eigenvalue weighted by Gasteiger charge is -2.23. The van der Waals surface area contributed by atoms with Crippen LogP contribution in [0.15, 0.2) is 23.9 Å². The van der Waals surface area contributed by atoms with Crippen LogP contribution < -0.4 is 9.47 Å². The van der Waals surface area contributed by atoms with E-state index in [1.807, 2.05) is 38.2 Å². The third-order valence-corrected chi connectivity index (χ3v) is 4.90. The summed E-state index contributed by atoms with van der Waals surface area (Å²) in [5, 5.41) is 0. The number of nitrogens with zero attached hydrogens (tertiary/aromatic N) is 1. The summed E-state index contributed by atoms with van der Waals surface area (Å²) >= 11 is 0. The molecule has 1 aliphatic rings. The molecule has 1 aromatic carbocycles. The quantitative estimate of drug-likeness (QED) is 0.534. The Bertz CT molecular complexity index is 628. The van der Waals surface area contributed by atoms with Gasteiger partial charge in [0.25, 0.3) is 0 Å². The Morgan fingerprint density at radius 2 is 1.76 bits per heavy atom. The number of benzene rings is 1. The second kappa shape index (κ2) is 8.93. The van der Waals surface area contributed by atoms with E-state index in [0.717, 1.165) is 17.6 Å². The molecule has 0 N–H and O–H groups in total. The molecule has 0 unspecified atom stereocenters. The molecule has 138 valence electrons. The van der Waals surface area contributed by atoms with Crippen molar-refractivity contribution in [3.63, 3.8) is 0 Å². The Morgan fingerprint density at radius 1 is 1.12 bits per heavy atom. The van der Waals surface area contributed by atoms with E-state index >= 15 is 0 Å². The number of carbonyl (C=O) groups is 1. The molecular formula is C21H31NO3. The first-order valence-electron chi connectivity index (χ1n) is 9.10. The van der Waals surface area contributed by atoms with Crippen LogP contribution in [-0.4, -0.2) is 39.0 Å². The van der Waals surface area contributed by atoms with Gasteiger partial charge >= 0.3 is 0 Å². The number of methoxy groups -OCH3 is 2. The molecule has 1 aromatic rings. The lowest BCUT2D eigenvalue weighted by atomic mass is 9.83. The molecule has 0 atom stereocenters. The zero-order valence-corrected chi connectivity index (χ0v) is 16.2. The number of allylic oxidation sites excluding steroid dienone is 1. The van der Waals surface area contributed by atoms with Gasteiger partial charge in [0, 0.05) is 25.9 Å². The smallest absolute Gasteiger partial charge is 0.194 e. The van der Waals surface area contributed by atoms with Crippen LogP contribution in [0, 0.1) is 12.8 Å². The first kappa shape index (κ1) is 19.4. The van der Waals surface area contributed by atoms with E-state index in [0.29, 0.717) is 23.0 Å². The summed E-state index contributed by atoms with van der Waals surface area (Å²) in [7, 11) is 7.15. The van der Waals surface area contributed by atoms with Gasteiger partial charge in [-0.3, -0.25) is 4.79 Å². The van der Waals surface area contributed by atoms with Crippen LogP contribution in [0.5, 0.6) is 11.5 Å². The fourth-order valence-electron chi connectivity index (χ4n) is 3.62. The van der Waals surface area contributed by atoms with E-state index in [1.54, 1.807) is 20.3 Å². The third kappa shape index (κ3) is 5.00. The predicted octanol–water partition coefficient (Wildman–Crippen LogP) is 4.61. The average Bonchev–Trinajstić information content (AvgIpc) is 2.60. The van der Waals surface area contributed by atoms with Gasteiger partial charge in [-0.25, -0.2) is 0 Å². The van der Waals surface area contributed by atoms with Gasteiger partial charge in [-0.1, -0.05) is 32.1 Å². The minimum absolute atomic E-state index is 0.0365. The number of ketones is 1. The number of hydrogen-bond acceptors (Lipinski definition) is 4. The first-order valence-corrected chi connectivity index (χ1v) is 9.10. The van der Waals surface area contributed by atoms with Gasteiger partial charge in [0.1, 0.15) is 11.5 Å². The Hall–Kier alpha value is -1.97. The van der Waals surface area contributed by atoms with Crippen LogP contribution in [0.2, 0.25) is 0 Å². The molecule has 0 aliphatic heterocycles. The molecule has 4 heteroatoms. The summed E-state index contributed by atoms with van der Waals surface area (Å²) in [4.78, 5) is 15.2. The SMILES string of the molecule is COc1cc(C(=O)/C(=C/N(C)C)CC2CCCCC2)c(OC)cc1C. The highest BCUT2D eigenvalue weighted by molar-refractivity contribution is 6.10. The van der Waals surface area contributed by atoms with Crippen LogP contribution in [-0.2, 0) is 0 Å². The number of hydrogen-bond donors (Lipinski definition) is 0. The maximum Gasteiger partial charge on any atom is 0.194 e. The summed E-state index contributed by atoms with van der Waals surface area (Å²) in [6, 6.07) is 3.68. The average molecular weight is 345 g/mol. The van der Waals surface area contributed by atoms with Gasteiger partial charge in [-0.2, -0.15) is 0 Å². The zero-order valence-electron chi connectivity index (χ0n) is 16.2. The number of rotatable bonds is 7. The molecule has 1 fully saturated rings. The molecule has 0 amide bonds. The van der Waals surface area contributed by atoms with E-state index in [9.17, 15) is 4.79 Å². The topological polar surface area (TPSA) is 38.8 Å². The second-order valence-corrected chi connectivity index (χ2v) is 7.18. The normalized spacial score (nSPS) is 15.8. The Labute approximate surface area is 151 Å². The van der Waals surface area contributed by atoms with Gasteiger partial charge in [-0.15, -0.1) is 0 Å². The highest BCUT2D eigenvalue weighted by Crippen LogP contribution is 2.34. The van der Waals surface area contributed by atoms with E-state index in [1.165, 1.54) is 32.1 Å². The lowest BCUT2D eigenvalue weighted by Crippen LogP contribution is -2.16. The molecule has 0 saturated heterocycles. The summed E-state index contributed by atoms with van der Waals surface area (Å²) in [6.07, 6.45) is 9.09. The Balaban J connectivity index is 2.35. The number of aryl methyl sites for hydroxylation is 1. The van der Waals surface area contributed by atoms with Crippen molar-refractivity contribution >= 4 is 5.78 Å². The van der Waals surface area contributed by atoms with Crippen molar-refractivity contribution in [1.29, 1.82) is 0 Å². The first-order chi connectivity index (χ1) is 12.0. The molecule has 0 heterocycles. The Morgan fingerprint density at radius 3 is 2.32 bits per heavy atom. The fourth-order valence-corrected chi connectivity index (χ4v) is 3.62. The predicted molar refractivity (Wildman–Crippen MR) is 102 cm³/mol. The summed E-state index contributed by atoms with van der Waals surface area (Å²) in [5.41, 5.74) is 2.39. The lowest BCUT2D eigenvalue weighted by molar-refractivity contribution is 0.102. The molecule has 0 spiro atoms. The summed E-state index contributed by atoms with van der Waals surface area (Å²) < 4.78 is 10.9. The van der Waals surface area contributed by atoms with Crippen molar-refractivity contribution in [2.24, 2.45) is 5.92 Å². The van der Waals surface area contributed by atoms with Crippen molar-refractivity contribution < 1.29 is 14.3 Å². The molecule has 4 nitrogen and oxygen atoms in total. The number of ether oxygens (including phenoxy) is 2. The minimum atomic E-state index is 0.0365. The standard InChI is InChI=1S/C21H31NO3/c1-15-11-20(25-5)18(13-19(15)24-4)21(23)17(14-22(2)3)12-16-9-7-6-8-10-16/h11,13-14,16H,6-10,12H2,1-5H3/b17-14+. The van der Waals surface area contributed by atoms with Crippen molar-refractivity contribution in [3.8, 4) is 11.5 Å². The van der Waals surface area contributed by atoms with Crippen molar-refractivity contribution in [3.05, 3.63) is 35.0 Å². The third-order valence-electron chi connectivity index (χ3n) is 4.90. The monoisotopic (exact) mass is 345 g/mol. The molecular weight excluding hydrogens is 314 g/mol. The molecule has 0 aromatic heterocycles. The van der Waals surface area contributed by atoms with Crippen LogP contribution in [0.1, 0.15) is 54.4 Å². The van der Waals surface area contributed by atoms with E-state index in [4.69, 9.17) is 9.47 Å². The van der Waals surface area contributed by atoms with Gasteiger partial charge in [0.2, 0.25) is 0 Å². The molecule has 25 heavy (non-hydrogen) atoms.